The average Bonchev–Trinajstić information content (AvgIpc) is 3.67. The molecule has 22 heteroatoms. The van der Waals surface area contributed by atoms with Gasteiger partial charge in [0.25, 0.3) is 22.7 Å². The maximum atomic E-state index is 13.3. The third kappa shape index (κ3) is 12.8. The first kappa shape index (κ1) is 50.2. The molecular weight excluding hydrogens is 873 g/mol. The SMILES string of the molecule is [B]C(C)(C(=O)CNc1cc(COC(=O)NCOC2CCN(C(=O)CCCCCCCNc3c(Nc4ccncc4)c(=O)c3=O)CC2)cc(C)c1OC1OCC(O)[C@H](O)[C@@H]1O)N1C(=O)C=CC1=O. The number of Topliss-reactive ketones (excluding diaryl/α,β-unsaturated/α-hetero) is 1. The Morgan fingerprint density at radius 2 is 1.58 bits per heavy atom. The molecule has 2 saturated heterocycles. The lowest BCUT2D eigenvalue weighted by atomic mass is 9.74. The van der Waals surface area contributed by atoms with Crippen LogP contribution in [0.25, 0.3) is 0 Å². The highest BCUT2D eigenvalue weighted by atomic mass is 16.7. The molecule has 0 spiro atoms. The van der Waals surface area contributed by atoms with Crippen molar-refractivity contribution < 1.29 is 58.2 Å². The van der Waals surface area contributed by atoms with Crippen molar-refractivity contribution in [1.29, 1.82) is 0 Å². The van der Waals surface area contributed by atoms with E-state index in [1.807, 2.05) is 4.90 Å². The van der Waals surface area contributed by atoms with E-state index in [-0.39, 0.29) is 49.1 Å². The highest BCUT2D eigenvalue weighted by molar-refractivity contribution is 6.34. The van der Waals surface area contributed by atoms with Crippen LogP contribution in [0.5, 0.6) is 5.75 Å². The second-order valence-electron chi connectivity index (χ2n) is 16.8. The summed E-state index contributed by atoms with van der Waals surface area (Å²) < 4.78 is 22.6. The standard InChI is InChI=1S/C45H56BN7O14/c1-26-20-27(21-30(42(26)67-43-41(62)38(59)31(54)24-64-43)49-22-32(55)45(2,46)53-34(57)9-10-35(53)58)23-65-44(63)50-25-66-29-13-18-52(19-14-29)33(56)8-6-4-3-5-7-15-48-36-37(40(61)39(36)60)51-28-11-16-47-17-12-28/h9-12,16-17,20-21,29,31,38,41,43,48-49,54,59,62H,3-8,13-15,18-19,22-25H2,1-2H3,(H,47,51)(H,50,63)/t31?,38-,41-,43?,45?/m0/s1. The fourth-order valence-corrected chi connectivity index (χ4v) is 7.81. The van der Waals surface area contributed by atoms with Gasteiger partial charge in [-0.2, -0.15) is 0 Å². The Morgan fingerprint density at radius 1 is 0.910 bits per heavy atom. The molecule has 4 heterocycles. The highest BCUT2D eigenvalue weighted by Gasteiger charge is 2.42. The van der Waals surface area contributed by atoms with E-state index in [1.54, 1.807) is 37.5 Å². The van der Waals surface area contributed by atoms with E-state index < -0.39 is 71.1 Å². The van der Waals surface area contributed by atoms with Crippen LogP contribution >= 0.6 is 0 Å². The van der Waals surface area contributed by atoms with Crippen molar-refractivity contribution in [3.8, 4) is 5.75 Å². The van der Waals surface area contributed by atoms with Crippen molar-refractivity contribution in [2.24, 2.45) is 0 Å². The molecule has 6 rings (SSSR count). The van der Waals surface area contributed by atoms with Gasteiger partial charge in [0.15, 0.2) is 5.78 Å². The van der Waals surface area contributed by atoms with Crippen LogP contribution in [0.15, 0.2) is 58.4 Å². The number of amides is 4. The number of ketones is 1. The van der Waals surface area contributed by atoms with Crippen LogP contribution in [-0.4, -0.2) is 143 Å². The molecule has 2 fully saturated rings. The number of imide groups is 1. The van der Waals surface area contributed by atoms with Gasteiger partial charge in [-0.3, -0.25) is 44.0 Å². The van der Waals surface area contributed by atoms with Crippen molar-refractivity contribution in [1.82, 2.24) is 20.1 Å². The largest absolute Gasteiger partial charge is 0.460 e. The van der Waals surface area contributed by atoms with E-state index in [0.29, 0.717) is 66.3 Å². The maximum Gasteiger partial charge on any atom is 0.409 e. The minimum atomic E-state index is -2.02. The van der Waals surface area contributed by atoms with Crippen LogP contribution < -0.4 is 36.9 Å². The van der Waals surface area contributed by atoms with Gasteiger partial charge in [0.05, 0.1) is 30.4 Å². The molecule has 7 N–H and O–H groups in total. The maximum absolute atomic E-state index is 13.3. The Bertz CT molecular complexity index is 2330. The minimum absolute atomic E-state index is 0.0776. The second kappa shape index (κ2) is 23.0. The number of nitrogens with one attached hydrogen (secondary N) is 4. The Hall–Kier alpha value is -6.20. The number of anilines is 4. The van der Waals surface area contributed by atoms with Gasteiger partial charge in [-0.05, 0) is 74.9 Å². The molecule has 3 aromatic rings. The van der Waals surface area contributed by atoms with Crippen LogP contribution in [0.3, 0.4) is 0 Å². The van der Waals surface area contributed by atoms with E-state index in [9.17, 15) is 48.9 Å². The number of piperidine rings is 1. The van der Waals surface area contributed by atoms with E-state index in [2.05, 4.69) is 26.3 Å². The minimum Gasteiger partial charge on any atom is -0.460 e. The summed E-state index contributed by atoms with van der Waals surface area (Å²) in [5.74, 6) is -2.08. The smallest absolute Gasteiger partial charge is 0.409 e. The summed E-state index contributed by atoms with van der Waals surface area (Å²) in [6.07, 6.45) is 4.19. The van der Waals surface area contributed by atoms with E-state index >= 15 is 0 Å². The number of aliphatic hydroxyl groups is 3. The quantitative estimate of drug-likeness (QED) is 0.0229. The third-order valence-electron chi connectivity index (χ3n) is 11.7. The lowest BCUT2D eigenvalue weighted by Crippen LogP contribution is -2.57. The topological polar surface area (TPSA) is 285 Å². The Morgan fingerprint density at radius 3 is 2.30 bits per heavy atom. The van der Waals surface area contributed by atoms with Gasteiger partial charge >= 0.3 is 6.09 Å². The van der Waals surface area contributed by atoms with E-state index in [0.717, 1.165) is 44.3 Å². The summed E-state index contributed by atoms with van der Waals surface area (Å²) in [4.78, 5) is 93.9. The number of aromatic nitrogens is 1. The molecule has 2 aromatic carbocycles. The Labute approximate surface area is 387 Å². The number of pyridine rings is 1. The predicted octanol–water partition coefficient (Wildman–Crippen LogP) is 0.982. The number of alkyl carbamates (subject to hydrolysis) is 1. The van der Waals surface area contributed by atoms with Gasteiger partial charge in [0.2, 0.25) is 12.2 Å². The lowest BCUT2D eigenvalue weighted by molar-refractivity contribution is -0.241. The number of hydrogen-bond donors (Lipinski definition) is 7. The van der Waals surface area contributed by atoms with Gasteiger partial charge < -0.3 is 55.1 Å². The zero-order valence-corrected chi connectivity index (χ0v) is 37.4. The number of aryl methyl sites for hydroxylation is 1. The third-order valence-corrected chi connectivity index (χ3v) is 11.7. The molecule has 3 unspecified atom stereocenters. The number of carbonyl (C=O) groups is 5. The van der Waals surface area contributed by atoms with Gasteiger partial charge in [0, 0.05) is 56.3 Å². The van der Waals surface area contributed by atoms with Gasteiger partial charge in [-0.1, -0.05) is 19.3 Å². The molecule has 21 nitrogen and oxygen atoms in total. The number of rotatable bonds is 23. The van der Waals surface area contributed by atoms with Gasteiger partial charge in [-0.15, -0.1) is 0 Å². The Balaban J connectivity index is 0.882. The first-order chi connectivity index (χ1) is 32.0. The summed E-state index contributed by atoms with van der Waals surface area (Å²) in [6, 6.07) is 6.53. The molecule has 1 aromatic heterocycles. The molecule has 3 aliphatic rings. The summed E-state index contributed by atoms with van der Waals surface area (Å²) in [5, 5.41) is 42.1. The fraction of sp³-hybridized carbons (Fsp3) is 0.511. The lowest BCUT2D eigenvalue weighted by Gasteiger charge is -2.36. The number of unbranched alkanes of at least 4 members (excludes halogenated alkanes) is 4. The molecule has 0 saturated carbocycles. The first-order valence-corrected chi connectivity index (χ1v) is 22.2. The van der Waals surface area contributed by atoms with Gasteiger partial charge in [-0.25, -0.2) is 4.79 Å². The molecule has 2 radical (unpaired) electrons. The van der Waals surface area contributed by atoms with Crippen LogP contribution in [-0.2, 0) is 40.0 Å². The number of hydrogen-bond acceptors (Lipinski definition) is 18. The van der Waals surface area contributed by atoms with E-state index in [1.165, 1.54) is 13.0 Å². The van der Waals surface area contributed by atoms with Crippen molar-refractivity contribution in [3.63, 3.8) is 0 Å². The molecule has 358 valence electrons. The normalized spacial score (nSPS) is 20.7. The molecule has 0 aliphatic carbocycles. The van der Waals surface area contributed by atoms with Crippen LogP contribution in [0.2, 0.25) is 0 Å². The Kier molecular flexibility index (Phi) is 17.2. The van der Waals surface area contributed by atoms with Crippen LogP contribution in [0.1, 0.15) is 69.4 Å². The first-order valence-electron chi connectivity index (χ1n) is 22.2. The number of likely N-dealkylation sites (tertiary alicyclic amines) is 1. The number of aliphatic hydroxyl groups excluding tert-OH is 3. The summed E-state index contributed by atoms with van der Waals surface area (Å²) >= 11 is 0. The molecule has 4 amide bonds. The van der Waals surface area contributed by atoms with Crippen molar-refractivity contribution in [2.45, 2.75) is 108 Å². The van der Waals surface area contributed by atoms with Crippen molar-refractivity contribution in [3.05, 3.63) is 80.4 Å². The zero-order valence-electron chi connectivity index (χ0n) is 37.4. The number of benzene rings is 1. The fourth-order valence-electron chi connectivity index (χ4n) is 7.81. The zero-order chi connectivity index (χ0) is 48.3. The number of ether oxygens (including phenoxy) is 4. The molecule has 3 aliphatic heterocycles. The molecular formula is C45H56BN7O14. The molecule has 0 bridgehead atoms. The average molecular weight is 930 g/mol. The van der Waals surface area contributed by atoms with E-state index in [4.69, 9.17) is 26.8 Å². The summed E-state index contributed by atoms with van der Waals surface area (Å²) in [7, 11) is 6.17. The highest BCUT2D eigenvalue weighted by Crippen LogP contribution is 2.34. The summed E-state index contributed by atoms with van der Waals surface area (Å²) in [5.41, 5.74) is -0.835. The summed E-state index contributed by atoms with van der Waals surface area (Å²) in [6.45, 7) is 3.25. The molecule has 67 heavy (non-hydrogen) atoms. The second-order valence-corrected chi connectivity index (χ2v) is 16.8. The number of nitrogens with zero attached hydrogens (tertiary/aromatic N) is 3. The molecule has 5 atom stereocenters. The number of carbonyl (C=O) groups excluding carboxylic acids is 5. The van der Waals surface area contributed by atoms with Gasteiger partial charge in [0.1, 0.15) is 56.6 Å². The monoisotopic (exact) mass is 929 g/mol. The van der Waals surface area contributed by atoms with Crippen LogP contribution in [0, 0.1) is 6.92 Å². The van der Waals surface area contributed by atoms with Crippen molar-refractivity contribution >= 4 is 60.2 Å². The van der Waals surface area contributed by atoms with Crippen LogP contribution in [0.4, 0.5) is 27.5 Å². The predicted molar refractivity (Wildman–Crippen MR) is 242 cm³/mol. The van der Waals surface area contributed by atoms with Crippen molar-refractivity contribution in [2.75, 3.05) is 55.5 Å².